The standard InChI is InChI=1S/C18H26N2O3/c1-4-20(12-18(2,3)23)16(21)10-9-14-11-13-7-5-6-8-15(13)19-17(14)22/h5-8,14,23H,4,9-12H2,1-3H3,(H,19,22). The number of hydrogen-bond donors (Lipinski definition) is 2. The Morgan fingerprint density at radius 3 is 2.74 bits per heavy atom. The van der Waals surface area contributed by atoms with Gasteiger partial charge in [-0.25, -0.2) is 0 Å². The predicted molar refractivity (Wildman–Crippen MR) is 90.1 cm³/mol. The van der Waals surface area contributed by atoms with E-state index in [-0.39, 0.29) is 17.7 Å². The Morgan fingerprint density at radius 1 is 1.39 bits per heavy atom. The summed E-state index contributed by atoms with van der Waals surface area (Å²) < 4.78 is 0. The predicted octanol–water partition coefficient (Wildman–Crippen LogP) is 2.20. The second-order valence-electron chi connectivity index (χ2n) is 6.81. The van der Waals surface area contributed by atoms with E-state index in [4.69, 9.17) is 0 Å². The van der Waals surface area contributed by atoms with Gasteiger partial charge in [-0.1, -0.05) is 18.2 Å². The summed E-state index contributed by atoms with van der Waals surface area (Å²) in [6, 6.07) is 7.77. The Morgan fingerprint density at radius 2 is 2.09 bits per heavy atom. The molecule has 0 aromatic heterocycles. The van der Waals surface area contributed by atoms with Crippen LogP contribution in [0.1, 0.15) is 39.2 Å². The zero-order chi connectivity index (χ0) is 17.0. The lowest BCUT2D eigenvalue weighted by atomic mass is 9.89. The zero-order valence-corrected chi connectivity index (χ0v) is 14.1. The van der Waals surface area contributed by atoms with E-state index >= 15 is 0 Å². The summed E-state index contributed by atoms with van der Waals surface area (Å²) >= 11 is 0. The number of carbonyl (C=O) groups is 2. The lowest BCUT2D eigenvalue weighted by Crippen LogP contribution is -2.42. The van der Waals surface area contributed by atoms with Crippen molar-refractivity contribution in [2.75, 3.05) is 18.4 Å². The molecule has 1 unspecified atom stereocenters. The quantitative estimate of drug-likeness (QED) is 0.845. The third-order valence-electron chi connectivity index (χ3n) is 4.13. The van der Waals surface area contributed by atoms with Gasteiger partial charge in [-0.05, 0) is 45.2 Å². The first kappa shape index (κ1) is 17.5. The summed E-state index contributed by atoms with van der Waals surface area (Å²) in [4.78, 5) is 26.1. The molecule has 2 N–H and O–H groups in total. The normalized spacial score (nSPS) is 17.4. The Bertz CT molecular complexity index is 578. The first-order valence-corrected chi connectivity index (χ1v) is 8.19. The van der Waals surface area contributed by atoms with Crippen LogP contribution in [-0.4, -0.2) is 40.5 Å². The number of fused-ring (bicyclic) bond motifs is 1. The van der Waals surface area contributed by atoms with Crippen molar-refractivity contribution in [1.82, 2.24) is 4.90 Å². The van der Waals surface area contributed by atoms with E-state index in [1.165, 1.54) is 0 Å². The zero-order valence-electron chi connectivity index (χ0n) is 14.1. The van der Waals surface area contributed by atoms with Crippen LogP contribution in [0.2, 0.25) is 0 Å². The number of nitrogens with one attached hydrogen (secondary N) is 1. The number of hydrogen-bond acceptors (Lipinski definition) is 3. The average molecular weight is 318 g/mol. The van der Waals surface area contributed by atoms with Gasteiger partial charge in [0.1, 0.15) is 0 Å². The van der Waals surface area contributed by atoms with Crippen LogP contribution >= 0.6 is 0 Å². The van der Waals surface area contributed by atoms with E-state index in [9.17, 15) is 14.7 Å². The molecule has 0 spiro atoms. The molecule has 1 aliphatic heterocycles. The van der Waals surface area contributed by atoms with Gasteiger partial charge in [-0.2, -0.15) is 0 Å². The SMILES string of the molecule is CCN(CC(C)(C)O)C(=O)CCC1Cc2ccccc2NC1=O. The number of para-hydroxylation sites is 1. The maximum Gasteiger partial charge on any atom is 0.227 e. The molecule has 5 nitrogen and oxygen atoms in total. The molecule has 23 heavy (non-hydrogen) atoms. The van der Waals surface area contributed by atoms with Gasteiger partial charge >= 0.3 is 0 Å². The highest BCUT2D eigenvalue weighted by Gasteiger charge is 2.27. The summed E-state index contributed by atoms with van der Waals surface area (Å²) in [6.45, 7) is 6.14. The lowest BCUT2D eigenvalue weighted by molar-refractivity contribution is -0.134. The summed E-state index contributed by atoms with van der Waals surface area (Å²) in [5.41, 5.74) is 1.08. The van der Waals surface area contributed by atoms with Gasteiger partial charge in [-0.3, -0.25) is 9.59 Å². The highest BCUT2D eigenvalue weighted by atomic mass is 16.3. The fourth-order valence-electron chi connectivity index (χ4n) is 2.95. The van der Waals surface area contributed by atoms with Crippen molar-refractivity contribution in [2.24, 2.45) is 5.92 Å². The smallest absolute Gasteiger partial charge is 0.227 e. The molecule has 0 bridgehead atoms. The number of anilines is 1. The van der Waals surface area contributed by atoms with Crippen molar-refractivity contribution >= 4 is 17.5 Å². The van der Waals surface area contributed by atoms with Crippen molar-refractivity contribution in [3.8, 4) is 0 Å². The van der Waals surface area contributed by atoms with E-state index in [0.29, 0.717) is 32.4 Å². The molecular formula is C18H26N2O3. The fraction of sp³-hybridized carbons (Fsp3) is 0.556. The lowest BCUT2D eigenvalue weighted by Gasteiger charge is -2.29. The topological polar surface area (TPSA) is 69.6 Å². The van der Waals surface area contributed by atoms with E-state index in [1.807, 2.05) is 31.2 Å². The number of nitrogens with zero attached hydrogens (tertiary/aromatic N) is 1. The van der Waals surface area contributed by atoms with Crippen LogP contribution in [0.25, 0.3) is 0 Å². The van der Waals surface area contributed by atoms with Crippen LogP contribution < -0.4 is 5.32 Å². The molecule has 0 saturated carbocycles. The van der Waals surface area contributed by atoms with Gasteiger partial charge in [0, 0.05) is 31.1 Å². The third kappa shape index (κ3) is 4.79. The van der Waals surface area contributed by atoms with Crippen molar-refractivity contribution < 1.29 is 14.7 Å². The maximum atomic E-state index is 12.3. The van der Waals surface area contributed by atoms with Crippen molar-refractivity contribution in [1.29, 1.82) is 0 Å². The molecule has 5 heteroatoms. The molecule has 1 atom stereocenters. The largest absolute Gasteiger partial charge is 0.389 e. The Labute approximate surface area is 137 Å². The average Bonchev–Trinajstić information content (AvgIpc) is 2.49. The molecule has 0 fully saturated rings. The summed E-state index contributed by atoms with van der Waals surface area (Å²) in [6.07, 6.45) is 1.53. The molecule has 0 aliphatic carbocycles. The number of amides is 2. The molecule has 0 saturated heterocycles. The molecular weight excluding hydrogens is 292 g/mol. The Balaban J connectivity index is 1.93. The number of likely N-dealkylation sites (N-methyl/N-ethyl adjacent to an activating group) is 1. The number of rotatable bonds is 6. The van der Waals surface area contributed by atoms with Crippen molar-refractivity contribution in [3.05, 3.63) is 29.8 Å². The molecule has 1 aliphatic rings. The van der Waals surface area contributed by atoms with Crippen LogP contribution in [0, 0.1) is 5.92 Å². The summed E-state index contributed by atoms with van der Waals surface area (Å²) in [7, 11) is 0. The van der Waals surface area contributed by atoms with Gasteiger partial charge < -0.3 is 15.3 Å². The fourth-order valence-corrected chi connectivity index (χ4v) is 2.95. The molecule has 0 radical (unpaired) electrons. The Kier molecular flexibility index (Phi) is 5.42. The minimum Gasteiger partial charge on any atom is -0.389 e. The summed E-state index contributed by atoms with van der Waals surface area (Å²) in [5, 5.41) is 12.8. The Hall–Kier alpha value is -1.88. The minimum absolute atomic E-state index is 0.0120. The van der Waals surface area contributed by atoms with Crippen LogP contribution in [0.5, 0.6) is 0 Å². The van der Waals surface area contributed by atoms with E-state index < -0.39 is 5.60 Å². The maximum absolute atomic E-state index is 12.3. The van der Waals surface area contributed by atoms with Gasteiger partial charge in [0.15, 0.2) is 0 Å². The highest BCUT2D eigenvalue weighted by Crippen LogP contribution is 2.27. The molecule has 126 valence electrons. The van der Waals surface area contributed by atoms with Crippen LogP contribution in [0.3, 0.4) is 0 Å². The van der Waals surface area contributed by atoms with Gasteiger partial charge in [-0.15, -0.1) is 0 Å². The van der Waals surface area contributed by atoms with Crippen LogP contribution in [0.4, 0.5) is 5.69 Å². The monoisotopic (exact) mass is 318 g/mol. The number of benzene rings is 1. The molecule has 2 amide bonds. The second-order valence-corrected chi connectivity index (χ2v) is 6.81. The van der Waals surface area contributed by atoms with Crippen molar-refractivity contribution in [2.45, 2.75) is 45.6 Å². The molecule has 1 aromatic carbocycles. The second kappa shape index (κ2) is 7.13. The molecule has 1 aromatic rings. The molecule has 2 rings (SSSR count). The minimum atomic E-state index is -0.910. The van der Waals surface area contributed by atoms with Gasteiger partial charge in [0.25, 0.3) is 0 Å². The third-order valence-corrected chi connectivity index (χ3v) is 4.13. The highest BCUT2D eigenvalue weighted by molar-refractivity contribution is 5.96. The van der Waals surface area contributed by atoms with E-state index in [2.05, 4.69) is 5.32 Å². The summed E-state index contributed by atoms with van der Waals surface area (Å²) in [5.74, 6) is -0.196. The first-order chi connectivity index (χ1) is 10.8. The van der Waals surface area contributed by atoms with Crippen molar-refractivity contribution in [3.63, 3.8) is 0 Å². The first-order valence-electron chi connectivity index (χ1n) is 8.19. The van der Waals surface area contributed by atoms with Crippen LogP contribution in [0.15, 0.2) is 24.3 Å². The molecule has 1 heterocycles. The number of aliphatic hydroxyl groups is 1. The van der Waals surface area contributed by atoms with Crippen LogP contribution in [-0.2, 0) is 16.0 Å². The van der Waals surface area contributed by atoms with E-state index in [1.54, 1.807) is 18.7 Å². The van der Waals surface area contributed by atoms with Gasteiger partial charge in [0.2, 0.25) is 11.8 Å². The van der Waals surface area contributed by atoms with Gasteiger partial charge in [0.05, 0.1) is 5.60 Å². The van der Waals surface area contributed by atoms with E-state index in [0.717, 1.165) is 11.3 Å². The number of carbonyl (C=O) groups excluding carboxylic acids is 2.